The molecule has 5 N–H and O–H groups in total. The summed E-state index contributed by atoms with van der Waals surface area (Å²) in [6.45, 7) is 5.40. The van der Waals surface area contributed by atoms with Crippen LogP contribution in [0.15, 0.2) is 54.7 Å². The zero-order valence-corrected chi connectivity index (χ0v) is 37.0. The van der Waals surface area contributed by atoms with E-state index in [1.165, 1.54) is 18.3 Å². The van der Waals surface area contributed by atoms with Crippen molar-refractivity contribution in [3.63, 3.8) is 0 Å². The molecule has 2 aliphatic rings. The van der Waals surface area contributed by atoms with Gasteiger partial charge in [0.2, 0.25) is 17.7 Å². The molecule has 326 valence electrons. The van der Waals surface area contributed by atoms with Crippen molar-refractivity contribution in [1.82, 2.24) is 25.9 Å². The number of benzene rings is 2. The van der Waals surface area contributed by atoms with Gasteiger partial charge in [0.05, 0.1) is 40.5 Å². The number of Topliss-reactive ketones (excluding diaryl/α,β-unsaturated/α-hetero) is 1. The average Bonchev–Trinajstić information content (AvgIpc) is 3.86. The lowest BCUT2D eigenvalue weighted by atomic mass is 9.92. The van der Waals surface area contributed by atoms with Gasteiger partial charge < -0.3 is 36.1 Å². The zero-order chi connectivity index (χ0) is 43.2. The maximum Gasteiger partial charge on any atom is 0.315 e. The minimum Gasteiger partial charge on any atom is -0.491 e. The quantitative estimate of drug-likeness (QED) is 0.0265. The fourth-order valence-corrected chi connectivity index (χ4v) is 10.2. The van der Waals surface area contributed by atoms with Crippen LogP contribution in [0.4, 0.5) is 15.6 Å². The average molecular weight is 893 g/mol. The number of thiazole rings is 1. The molecule has 0 aliphatic carbocycles. The third kappa shape index (κ3) is 13.9. The molecule has 3 atom stereocenters. The zero-order valence-electron chi connectivity index (χ0n) is 34.6. The number of thioether (sulfide) groups is 1. The lowest BCUT2D eigenvalue weighted by Crippen LogP contribution is -2.47. The van der Waals surface area contributed by atoms with Crippen molar-refractivity contribution in [3.05, 3.63) is 65.4 Å². The number of carbonyl (C=O) groups excluding carboxylic acids is 5. The van der Waals surface area contributed by atoms with Gasteiger partial charge in [0, 0.05) is 62.1 Å². The molecule has 5 amide bonds. The van der Waals surface area contributed by atoms with E-state index in [-0.39, 0.29) is 52.7 Å². The van der Waals surface area contributed by atoms with Crippen LogP contribution in [0, 0.1) is 0 Å². The normalized spacial score (nSPS) is 18.0. The molecule has 2 fully saturated rings. The van der Waals surface area contributed by atoms with Crippen molar-refractivity contribution in [2.75, 3.05) is 42.8 Å². The second-order valence-electron chi connectivity index (χ2n) is 15.7. The monoisotopic (exact) mass is 891 g/mol. The van der Waals surface area contributed by atoms with Crippen molar-refractivity contribution in [1.29, 1.82) is 0 Å². The number of aromatic nitrogens is 2. The van der Waals surface area contributed by atoms with Crippen molar-refractivity contribution >= 4 is 85.3 Å². The minimum atomic E-state index is -0.245. The SMILES string of the molecule is CC(=O)Nc1nc2ccc(-c3cnc(Cl)c(NC(=O)Cc4ccc(OCCOCCCC(=O)CCCCCNC(=O)CCCC[C@@H]5SC[C@]6(C)NC(=O)N[C@H]56)cc4)c3)cc2s1. The standard InChI is InChI=1S/C44H54ClN7O7S2/c1-28(53)48-43-50-34-18-15-30(25-37(34)61-43)31-24-35(41(45)47-26-31)49-39(56)23-29-13-16-33(17-14-29)59-22-21-58-20-8-10-32(54)9-4-3-7-19-46-38(55)12-6-5-11-36-40-44(2,27-60-36)52-42(57)51-40/h13-18,24-26,36,40H,3-12,19-23,27H2,1-2H3,(H,46,55)(H,49,56)(H,48,50,53)(H2,51,52,57)/t36-,40+,44-/m0/s1. The minimum absolute atomic E-state index is 0.0742. The van der Waals surface area contributed by atoms with E-state index in [9.17, 15) is 24.0 Å². The Labute approximate surface area is 369 Å². The number of hydrogen-bond acceptors (Lipinski definition) is 11. The molecule has 0 spiro atoms. The van der Waals surface area contributed by atoms with Crippen LogP contribution in [0.25, 0.3) is 21.3 Å². The fraction of sp³-hybridized carbons (Fsp3) is 0.477. The van der Waals surface area contributed by atoms with E-state index in [1.807, 2.05) is 54.2 Å². The maximum atomic E-state index is 12.9. The second kappa shape index (κ2) is 22.4. The molecule has 2 saturated heterocycles. The highest BCUT2D eigenvalue weighted by Crippen LogP contribution is 2.40. The van der Waals surface area contributed by atoms with Crippen LogP contribution in [0.1, 0.15) is 83.6 Å². The summed E-state index contributed by atoms with van der Waals surface area (Å²) in [5.41, 5.74) is 3.44. The van der Waals surface area contributed by atoms with Crippen LogP contribution in [-0.2, 0) is 30.3 Å². The molecule has 14 nitrogen and oxygen atoms in total. The van der Waals surface area contributed by atoms with Gasteiger partial charge in [-0.15, -0.1) is 0 Å². The number of unbranched alkanes of at least 4 members (excludes halogenated alkanes) is 3. The van der Waals surface area contributed by atoms with Crippen LogP contribution < -0.4 is 31.3 Å². The fourth-order valence-electron chi connectivity index (χ4n) is 7.40. The molecule has 0 unspecified atom stereocenters. The summed E-state index contributed by atoms with van der Waals surface area (Å²) in [6, 6.07) is 14.9. The molecule has 61 heavy (non-hydrogen) atoms. The molecule has 0 radical (unpaired) electrons. The summed E-state index contributed by atoms with van der Waals surface area (Å²) in [5.74, 6) is 1.45. The predicted molar refractivity (Wildman–Crippen MR) is 242 cm³/mol. The number of fused-ring (bicyclic) bond motifs is 2. The first-order valence-electron chi connectivity index (χ1n) is 20.9. The lowest BCUT2D eigenvalue weighted by molar-refractivity contribution is -0.121. The van der Waals surface area contributed by atoms with E-state index in [4.69, 9.17) is 21.1 Å². The highest BCUT2D eigenvalue weighted by Gasteiger charge is 2.51. The Hall–Kier alpha value is -4.77. The van der Waals surface area contributed by atoms with E-state index in [1.54, 1.807) is 12.3 Å². The Bertz CT molecular complexity index is 2170. The Morgan fingerprint density at radius 3 is 2.52 bits per heavy atom. The third-order valence-corrected chi connectivity index (χ3v) is 13.5. The highest BCUT2D eigenvalue weighted by molar-refractivity contribution is 8.00. The van der Waals surface area contributed by atoms with Gasteiger partial charge in [0.15, 0.2) is 10.3 Å². The number of nitrogens with zero attached hydrogens (tertiary/aromatic N) is 2. The van der Waals surface area contributed by atoms with Crippen molar-refractivity contribution in [2.45, 2.75) is 101 Å². The summed E-state index contributed by atoms with van der Waals surface area (Å²) < 4.78 is 12.3. The molecule has 4 aromatic rings. The van der Waals surface area contributed by atoms with Gasteiger partial charge in [-0.3, -0.25) is 19.2 Å². The number of ketones is 1. The number of ether oxygens (including phenoxy) is 2. The van der Waals surface area contributed by atoms with Gasteiger partial charge in [-0.1, -0.05) is 54.0 Å². The number of nitrogens with one attached hydrogen (secondary N) is 5. The molecule has 6 rings (SSSR count). The van der Waals surface area contributed by atoms with Gasteiger partial charge in [0.1, 0.15) is 18.1 Å². The number of hydrogen-bond donors (Lipinski definition) is 5. The van der Waals surface area contributed by atoms with Crippen LogP contribution in [-0.4, -0.2) is 88.5 Å². The molecular formula is C44H54ClN7O7S2. The molecule has 2 aromatic heterocycles. The van der Waals surface area contributed by atoms with E-state index < -0.39 is 0 Å². The number of amides is 5. The van der Waals surface area contributed by atoms with Crippen molar-refractivity contribution < 1.29 is 33.4 Å². The van der Waals surface area contributed by atoms with E-state index >= 15 is 0 Å². The van der Waals surface area contributed by atoms with Gasteiger partial charge in [-0.25, -0.2) is 14.8 Å². The number of urea groups is 1. The number of halogens is 1. The first-order chi connectivity index (χ1) is 29.4. The molecule has 0 saturated carbocycles. The van der Waals surface area contributed by atoms with Crippen LogP contribution in [0.3, 0.4) is 0 Å². The summed E-state index contributed by atoms with van der Waals surface area (Å²) in [4.78, 5) is 69.3. The first-order valence-corrected chi connectivity index (χ1v) is 23.1. The van der Waals surface area contributed by atoms with Crippen LogP contribution >= 0.6 is 34.7 Å². The van der Waals surface area contributed by atoms with Crippen molar-refractivity contribution in [3.8, 4) is 16.9 Å². The Kier molecular flexibility index (Phi) is 16.8. The van der Waals surface area contributed by atoms with E-state index in [0.717, 1.165) is 71.2 Å². The number of anilines is 2. The van der Waals surface area contributed by atoms with Gasteiger partial charge in [0.25, 0.3) is 0 Å². The molecule has 17 heteroatoms. The van der Waals surface area contributed by atoms with Gasteiger partial charge >= 0.3 is 6.03 Å². The van der Waals surface area contributed by atoms with Crippen molar-refractivity contribution in [2.24, 2.45) is 0 Å². The summed E-state index contributed by atoms with van der Waals surface area (Å²) in [7, 11) is 0. The molecule has 0 bridgehead atoms. The van der Waals surface area contributed by atoms with Crippen LogP contribution in [0.2, 0.25) is 5.15 Å². The lowest BCUT2D eigenvalue weighted by Gasteiger charge is -2.23. The number of pyridine rings is 1. The Balaban J connectivity index is 0.764. The van der Waals surface area contributed by atoms with E-state index in [2.05, 4.69) is 43.5 Å². The topological polar surface area (TPSA) is 190 Å². The molecule has 4 heterocycles. The number of rotatable bonds is 24. The number of carbonyl (C=O) groups is 5. The molecule has 2 aromatic carbocycles. The Morgan fingerprint density at radius 2 is 1.70 bits per heavy atom. The first kappa shape index (κ1) is 45.7. The van der Waals surface area contributed by atoms with Crippen LogP contribution in [0.5, 0.6) is 5.75 Å². The van der Waals surface area contributed by atoms with Gasteiger partial charge in [-0.05, 0) is 80.5 Å². The maximum absolute atomic E-state index is 12.9. The highest BCUT2D eigenvalue weighted by atomic mass is 35.5. The predicted octanol–water partition coefficient (Wildman–Crippen LogP) is 7.69. The summed E-state index contributed by atoms with van der Waals surface area (Å²) >= 11 is 9.62. The molecular weight excluding hydrogens is 838 g/mol. The summed E-state index contributed by atoms with van der Waals surface area (Å²) in [5, 5.41) is 15.8. The Morgan fingerprint density at radius 1 is 0.902 bits per heavy atom. The summed E-state index contributed by atoms with van der Waals surface area (Å²) in [6.07, 6.45) is 9.32. The smallest absolute Gasteiger partial charge is 0.315 e. The third-order valence-electron chi connectivity index (χ3n) is 10.6. The largest absolute Gasteiger partial charge is 0.491 e. The second-order valence-corrected chi connectivity index (χ2v) is 18.3. The molecule has 2 aliphatic heterocycles. The van der Waals surface area contributed by atoms with Gasteiger partial charge in [-0.2, -0.15) is 11.8 Å². The van der Waals surface area contributed by atoms with E-state index in [0.29, 0.717) is 73.9 Å².